The molecule has 142 valence electrons. The number of fused-ring (bicyclic) bond motifs is 1. The van der Waals surface area contributed by atoms with Gasteiger partial charge in [0, 0.05) is 29.1 Å². The summed E-state index contributed by atoms with van der Waals surface area (Å²) in [5.41, 5.74) is 1.95. The number of nitrogens with zero attached hydrogens (tertiary/aromatic N) is 5. The Morgan fingerprint density at radius 2 is 2.11 bits per heavy atom. The summed E-state index contributed by atoms with van der Waals surface area (Å²) in [6, 6.07) is 10.7. The van der Waals surface area contributed by atoms with Crippen LogP contribution in [0.15, 0.2) is 48.8 Å². The molecule has 0 aliphatic carbocycles. The Hall–Kier alpha value is -3.26. The van der Waals surface area contributed by atoms with Gasteiger partial charge in [-0.2, -0.15) is 14.9 Å². The van der Waals surface area contributed by atoms with E-state index in [1.807, 2.05) is 18.2 Å². The molecule has 5 rings (SSSR count). The van der Waals surface area contributed by atoms with Crippen LogP contribution in [0.1, 0.15) is 6.92 Å². The lowest BCUT2D eigenvalue weighted by Crippen LogP contribution is -2.44. The van der Waals surface area contributed by atoms with Crippen LogP contribution in [-0.4, -0.2) is 50.8 Å². The van der Waals surface area contributed by atoms with E-state index in [2.05, 4.69) is 27.1 Å². The summed E-state index contributed by atoms with van der Waals surface area (Å²) in [6.07, 6.45) is 3.38. The zero-order valence-electron chi connectivity index (χ0n) is 15.3. The monoisotopic (exact) mass is 378 g/mol. The van der Waals surface area contributed by atoms with E-state index in [1.165, 1.54) is 6.07 Å². The standard InChI is InChI=1S/C20H19FN6O/c1-13-12-28-9-8-26(13)19-10-15(14-4-2-3-5-17(14)21)16-11-23-27(20(16)24-19)18-6-7-22-25-18/h2-7,10-11,13H,8-9,12H2,1H3,(H,22,25)/t13-/m1/s1. The van der Waals surface area contributed by atoms with E-state index in [-0.39, 0.29) is 11.9 Å². The van der Waals surface area contributed by atoms with Crippen molar-refractivity contribution >= 4 is 16.9 Å². The Balaban J connectivity index is 1.77. The largest absolute Gasteiger partial charge is 0.377 e. The molecule has 1 atom stereocenters. The fourth-order valence-corrected chi connectivity index (χ4v) is 3.65. The van der Waals surface area contributed by atoms with E-state index in [0.29, 0.717) is 30.2 Å². The highest BCUT2D eigenvalue weighted by Gasteiger charge is 2.24. The average molecular weight is 378 g/mol. The van der Waals surface area contributed by atoms with Crippen LogP contribution in [0.5, 0.6) is 0 Å². The van der Waals surface area contributed by atoms with E-state index in [1.54, 1.807) is 29.2 Å². The molecular weight excluding hydrogens is 359 g/mol. The van der Waals surface area contributed by atoms with E-state index in [0.717, 1.165) is 23.3 Å². The topological polar surface area (TPSA) is 71.9 Å². The fourth-order valence-electron chi connectivity index (χ4n) is 3.65. The summed E-state index contributed by atoms with van der Waals surface area (Å²) in [6.45, 7) is 4.10. The maximum absolute atomic E-state index is 14.6. The van der Waals surface area contributed by atoms with Gasteiger partial charge in [-0.25, -0.2) is 9.37 Å². The first-order chi connectivity index (χ1) is 13.7. The molecule has 0 radical (unpaired) electrons. The second kappa shape index (κ2) is 6.72. The number of benzene rings is 1. The minimum atomic E-state index is -0.273. The van der Waals surface area contributed by atoms with E-state index in [9.17, 15) is 4.39 Å². The zero-order chi connectivity index (χ0) is 19.1. The molecule has 8 heteroatoms. The Bertz CT molecular complexity index is 1120. The van der Waals surface area contributed by atoms with Gasteiger partial charge in [-0.15, -0.1) is 0 Å². The SMILES string of the molecule is C[C@@H]1COCCN1c1cc(-c2ccccc2F)c2cnn(-c3ccn[nH]3)c2n1. The van der Waals surface area contributed by atoms with Gasteiger partial charge in [0.05, 0.1) is 31.6 Å². The second-order valence-electron chi connectivity index (χ2n) is 6.86. The molecule has 3 aromatic heterocycles. The van der Waals surface area contributed by atoms with Gasteiger partial charge in [-0.3, -0.25) is 5.10 Å². The van der Waals surface area contributed by atoms with Crippen LogP contribution in [0.3, 0.4) is 0 Å². The number of rotatable bonds is 3. The third kappa shape index (κ3) is 2.73. The third-order valence-electron chi connectivity index (χ3n) is 5.07. The van der Waals surface area contributed by atoms with Crippen LogP contribution in [0.4, 0.5) is 10.2 Å². The molecule has 0 saturated carbocycles. The smallest absolute Gasteiger partial charge is 0.167 e. The highest BCUT2D eigenvalue weighted by atomic mass is 19.1. The number of anilines is 1. The lowest BCUT2D eigenvalue weighted by atomic mass is 10.0. The van der Waals surface area contributed by atoms with Gasteiger partial charge in [-0.1, -0.05) is 18.2 Å². The molecule has 0 unspecified atom stereocenters. The number of ether oxygens (including phenoxy) is 1. The van der Waals surface area contributed by atoms with Crippen LogP contribution in [0.2, 0.25) is 0 Å². The van der Waals surface area contributed by atoms with Crippen molar-refractivity contribution in [1.29, 1.82) is 0 Å². The van der Waals surface area contributed by atoms with Crippen LogP contribution in [0, 0.1) is 5.82 Å². The number of halogens is 1. The van der Waals surface area contributed by atoms with Crippen molar-refractivity contribution in [3.8, 4) is 16.9 Å². The lowest BCUT2D eigenvalue weighted by molar-refractivity contribution is 0.0985. The van der Waals surface area contributed by atoms with Crippen molar-refractivity contribution in [2.75, 3.05) is 24.7 Å². The zero-order valence-corrected chi connectivity index (χ0v) is 15.3. The predicted octanol–water partition coefficient (Wildman–Crippen LogP) is 3.17. The molecule has 0 bridgehead atoms. The molecule has 0 amide bonds. The molecule has 28 heavy (non-hydrogen) atoms. The number of aromatic amines is 1. The Labute approximate surface area is 160 Å². The first-order valence-electron chi connectivity index (χ1n) is 9.20. The lowest BCUT2D eigenvalue weighted by Gasteiger charge is -2.34. The quantitative estimate of drug-likeness (QED) is 0.593. The molecular formula is C20H19FN6O. The van der Waals surface area contributed by atoms with Gasteiger partial charge in [0.1, 0.15) is 11.6 Å². The van der Waals surface area contributed by atoms with Gasteiger partial charge >= 0.3 is 0 Å². The van der Waals surface area contributed by atoms with Crippen molar-refractivity contribution in [1.82, 2.24) is 25.0 Å². The maximum Gasteiger partial charge on any atom is 0.167 e. The summed E-state index contributed by atoms with van der Waals surface area (Å²) in [5, 5.41) is 12.2. The maximum atomic E-state index is 14.6. The Kier molecular flexibility index (Phi) is 4.05. The third-order valence-corrected chi connectivity index (χ3v) is 5.07. The van der Waals surface area contributed by atoms with Crippen molar-refractivity contribution in [3.05, 3.63) is 54.6 Å². The van der Waals surface area contributed by atoms with E-state index in [4.69, 9.17) is 9.72 Å². The van der Waals surface area contributed by atoms with Gasteiger partial charge < -0.3 is 9.64 Å². The fraction of sp³-hybridized carbons (Fsp3) is 0.250. The molecule has 1 fully saturated rings. The molecule has 7 nitrogen and oxygen atoms in total. The van der Waals surface area contributed by atoms with Crippen LogP contribution >= 0.6 is 0 Å². The molecule has 4 heterocycles. The van der Waals surface area contributed by atoms with Gasteiger partial charge in [0.15, 0.2) is 11.5 Å². The first kappa shape index (κ1) is 16.9. The summed E-state index contributed by atoms with van der Waals surface area (Å²) in [7, 11) is 0. The van der Waals surface area contributed by atoms with Crippen molar-refractivity contribution in [2.24, 2.45) is 0 Å². The minimum Gasteiger partial charge on any atom is -0.377 e. The summed E-state index contributed by atoms with van der Waals surface area (Å²) < 4.78 is 21.9. The van der Waals surface area contributed by atoms with Crippen LogP contribution in [-0.2, 0) is 4.74 Å². The van der Waals surface area contributed by atoms with Crippen molar-refractivity contribution < 1.29 is 9.13 Å². The average Bonchev–Trinajstić information content (AvgIpc) is 3.37. The number of nitrogens with one attached hydrogen (secondary N) is 1. The van der Waals surface area contributed by atoms with Crippen molar-refractivity contribution in [3.63, 3.8) is 0 Å². The number of morpholine rings is 1. The molecule has 4 aromatic rings. The minimum absolute atomic E-state index is 0.177. The highest BCUT2D eigenvalue weighted by molar-refractivity contribution is 5.95. The Morgan fingerprint density at radius 1 is 1.21 bits per heavy atom. The first-order valence-corrected chi connectivity index (χ1v) is 9.20. The number of aromatic nitrogens is 5. The molecule has 0 spiro atoms. The molecule has 1 aliphatic rings. The van der Waals surface area contributed by atoms with Gasteiger partial charge in [0.2, 0.25) is 0 Å². The molecule has 1 aromatic carbocycles. The second-order valence-corrected chi connectivity index (χ2v) is 6.86. The van der Waals surface area contributed by atoms with E-state index < -0.39 is 0 Å². The van der Waals surface area contributed by atoms with E-state index >= 15 is 0 Å². The molecule has 1 N–H and O–H groups in total. The Morgan fingerprint density at radius 3 is 2.89 bits per heavy atom. The molecule has 1 saturated heterocycles. The van der Waals surface area contributed by atoms with Gasteiger partial charge in [-0.05, 0) is 19.1 Å². The molecule has 1 aliphatic heterocycles. The number of hydrogen-bond donors (Lipinski definition) is 1. The predicted molar refractivity (Wildman–Crippen MR) is 104 cm³/mol. The van der Waals surface area contributed by atoms with Crippen LogP contribution < -0.4 is 4.90 Å². The summed E-state index contributed by atoms with van der Waals surface area (Å²) >= 11 is 0. The van der Waals surface area contributed by atoms with Crippen LogP contribution in [0.25, 0.3) is 28.0 Å². The number of H-pyrrole nitrogens is 1. The van der Waals surface area contributed by atoms with Gasteiger partial charge in [0.25, 0.3) is 0 Å². The number of pyridine rings is 1. The summed E-state index contributed by atoms with van der Waals surface area (Å²) in [5.74, 6) is 1.21. The highest BCUT2D eigenvalue weighted by Crippen LogP contribution is 2.34. The normalized spacial score (nSPS) is 17.4. The number of hydrogen-bond acceptors (Lipinski definition) is 5. The van der Waals surface area contributed by atoms with Crippen molar-refractivity contribution in [2.45, 2.75) is 13.0 Å². The summed E-state index contributed by atoms with van der Waals surface area (Å²) in [4.78, 5) is 7.07.